The highest BCUT2D eigenvalue weighted by Gasteiger charge is 2.79. The molecular formula is C18H29NO2S. The quantitative estimate of drug-likeness (QED) is 0.847. The largest absolute Gasteiger partial charge is 0.388 e. The molecule has 1 N–H and O–H groups in total. The van der Waals surface area contributed by atoms with Crippen LogP contribution >= 0.6 is 11.8 Å². The third-order valence-electron chi connectivity index (χ3n) is 7.95. The summed E-state index contributed by atoms with van der Waals surface area (Å²) in [6.07, 6.45) is 7.41. The summed E-state index contributed by atoms with van der Waals surface area (Å²) >= 11 is 1.98. The van der Waals surface area contributed by atoms with E-state index in [-0.39, 0.29) is 16.4 Å². The maximum absolute atomic E-state index is 12.0. The smallest absolute Gasteiger partial charge is 0.109 e. The molecule has 0 aromatic heterocycles. The van der Waals surface area contributed by atoms with Gasteiger partial charge >= 0.3 is 0 Å². The summed E-state index contributed by atoms with van der Waals surface area (Å²) in [5.41, 5.74) is 0.0330. The Hall–Kier alpha value is 0.230. The van der Waals surface area contributed by atoms with Crippen molar-refractivity contribution in [1.29, 1.82) is 0 Å². The van der Waals surface area contributed by atoms with Crippen LogP contribution in [0.15, 0.2) is 0 Å². The summed E-state index contributed by atoms with van der Waals surface area (Å²) in [6, 6.07) is 0. The fourth-order valence-electron chi connectivity index (χ4n) is 7.41. The van der Waals surface area contributed by atoms with Gasteiger partial charge in [0.2, 0.25) is 0 Å². The Morgan fingerprint density at radius 3 is 2.95 bits per heavy atom. The fraction of sp³-hybridized carbons (Fsp3) is 1.00. The zero-order valence-electron chi connectivity index (χ0n) is 13.9. The molecular weight excluding hydrogens is 294 g/mol. The Morgan fingerprint density at radius 2 is 2.14 bits per heavy atom. The first-order valence-corrected chi connectivity index (χ1v) is 10.4. The number of nitrogens with zero attached hydrogens (tertiary/aromatic N) is 1. The van der Waals surface area contributed by atoms with Crippen LogP contribution in [-0.2, 0) is 4.74 Å². The summed E-state index contributed by atoms with van der Waals surface area (Å²) < 4.78 is 6.65. The molecule has 0 aromatic carbocycles. The van der Waals surface area contributed by atoms with E-state index in [0.29, 0.717) is 17.9 Å². The van der Waals surface area contributed by atoms with Gasteiger partial charge in [0.1, 0.15) is 5.44 Å². The number of thioether (sulfide) groups is 1. The normalized spacial score (nSPS) is 59.6. The van der Waals surface area contributed by atoms with Crippen LogP contribution in [0, 0.1) is 17.3 Å². The molecule has 2 saturated carbocycles. The molecule has 3 aliphatic heterocycles. The lowest BCUT2D eigenvalue weighted by atomic mass is 9.55. The molecule has 3 bridgehead atoms. The van der Waals surface area contributed by atoms with Gasteiger partial charge in [0.25, 0.3) is 0 Å². The highest BCUT2D eigenvalue weighted by Crippen LogP contribution is 2.73. The molecule has 7 unspecified atom stereocenters. The van der Waals surface area contributed by atoms with Crippen LogP contribution in [0.3, 0.4) is 0 Å². The summed E-state index contributed by atoms with van der Waals surface area (Å²) in [7, 11) is 0. The molecule has 124 valence electrons. The predicted octanol–water partition coefficient (Wildman–Crippen LogP) is 2.87. The van der Waals surface area contributed by atoms with Crippen LogP contribution in [0.2, 0.25) is 0 Å². The Kier molecular flexibility index (Phi) is 2.94. The van der Waals surface area contributed by atoms with Gasteiger partial charge in [0.15, 0.2) is 0 Å². The van der Waals surface area contributed by atoms with Gasteiger partial charge in [-0.2, -0.15) is 0 Å². The minimum atomic E-state index is -0.447. The zero-order chi connectivity index (χ0) is 15.2. The number of rotatable bonds is 2. The second kappa shape index (κ2) is 4.44. The molecule has 7 atom stereocenters. The third kappa shape index (κ3) is 1.40. The zero-order valence-corrected chi connectivity index (χ0v) is 14.7. The SMILES string of the molecule is CCSC1OC2CC3C1(C)CC14C2CCCN1CCCC34O. The third-order valence-corrected chi connectivity index (χ3v) is 9.24. The van der Waals surface area contributed by atoms with E-state index in [2.05, 4.69) is 18.7 Å². The number of piperidine rings is 2. The van der Waals surface area contributed by atoms with Gasteiger partial charge in [-0.25, -0.2) is 0 Å². The Bertz CT molecular complexity index is 499. The minimum absolute atomic E-state index is 0.0366. The monoisotopic (exact) mass is 323 g/mol. The number of ether oxygens (including phenoxy) is 1. The topological polar surface area (TPSA) is 32.7 Å². The second-order valence-electron chi connectivity index (χ2n) is 8.62. The van der Waals surface area contributed by atoms with Crippen LogP contribution in [-0.4, -0.2) is 51.5 Å². The van der Waals surface area contributed by atoms with Crippen LogP contribution < -0.4 is 0 Å². The van der Waals surface area contributed by atoms with Crippen LogP contribution in [0.4, 0.5) is 0 Å². The Balaban J connectivity index is 1.69. The molecule has 5 fully saturated rings. The number of hydrogen-bond donors (Lipinski definition) is 1. The van der Waals surface area contributed by atoms with E-state index >= 15 is 0 Å². The first-order chi connectivity index (χ1) is 10.6. The van der Waals surface area contributed by atoms with Crippen molar-refractivity contribution in [2.75, 3.05) is 18.8 Å². The summed E-state index contributed by atoms with van der Waals surface area (Å²) in [4.78, 5) is 2.71. The van der Waals surface area contributed by atoms with E-state index in [0.717, 1.165) is 18.6 Å². The molecule has 2 aliphatic carbocycles. The number of hydrogen-bond acceptors (Lipinski definition) is 4. The van der Waals surface area contributed by atoms with E-state index in [1.54, 1.807) is 0 Å². The summed E-state index contributed by atoms with van der Waals surface area (Å²) in [6.45, 7) is 7.06. The van der Waals surface area contributed by atoms with Crippen molar-refractivity contribution in [3.63, 3.8) is 0 Å². The fourth-order valence-corrected chi connectivity index (χ4v) is 8.56. The lowest BCUT2D eigenvalue weighted by Gasteiger charge is -2.65. The summed E-state index contributed by atoms with van der Waals surface area (Å²) in [5, 5.41) is 12.0. The Labute approximate surface area is 138 Å². The number of fused-ring (bicyclic) bond motifs is 2. The van der Waals surface area contributed by atoms with Gasteiger partial charge in [-0.1, -0.05) is 13.8 Å². The molecule has 4 heteroatoms. The van der Waals surface area contributed by atoms with E-state index in [9.17, 15) is 5.11 Å². The molecule has 3 nitrogen and oxygen atoms in total. The van der Waals surface area contributed by atoms with E-state index < -0.39 is 5.60 Å². The maximum Gasteiger partial charge on any atom is 0.109 e. The van der Waals surface area contributed by atoms with Gasteiger partial charge in [-0.15, -0.1) is 11.8 Å². The van der Waals surface area contributed by atoms with Gasteiger partial charge < -0.3 is 9.84 Å². The average molecular weight is 324 g/mol. The van der Waals surface area contributed by atoms with Crippen molar-refractivity contribution >= 4 is 11.8 Å². The summed E-state index contributed by atoms with van der Waals surface area (Å²) in [5.74, 6) is 2.12. The second-order valence-corrected chi connectivity index (χ2v) is 9.96. The minimum Gasteiger partial charge on any atom is -0.388 e. The van der Waals surface area contributed by atoms with E-state index in [1.165, 1.54) is 38.8 Å². The van der Waals surface area contributed by atoms with Crippen LogP contribution in [0.5, 0.6) is 0 Å². The van der Waals surface area contributed by atoms with Crippen molar-refractivity contribution < 1.29 is 9.84 Å². The van der Waals surface area contributed by atoms with Gasteiger partial charge in [0, 0.05) is 17.3 Å². The van der Waals surface area contributed by atoms with Gasteiger partial charge in [0.05, 0.1) is 17.2 Å². The van der Waals surface area contributed by atoms with E-state index in [4.69, 9.17) is 4.74 Å². The highest BCUT2D eigenvalue weighted by molar-refractivity contribution is 7.99. The molecule has 5 aliphatic rings. The molecule has 0 amide bonds. The lowest BCUT2D eigenvalue weighted by molar-refractivity contribution is -0.256. The van der Waals surface area contributed by atoms with Crippen molar-refractivity contribution in [3.8, 4) is 0 Å². The first-order valence-electron chi connectivity index (χ1n) is 9.31. The van der Waals surface area contributed by atoms with Crippen molar-refractivity contribution in [3.05, 3.63) is 0 Å². The number of aliphatic hydroxyl groups is 1. The van der Waals surface area contributed by atoms with Crippen LogP contribution in [0.1, 0.15) is 52.4 Å². The Morgan fingerprint density at radius 1 is 1.32 bits per heavy atom. The molecule has 0 radical (unpaired) electrons. The first kappa shape index (κ1) is 14.6. The van der Waals surface area contributed by atoms with E-state index in [1.807, 2.05) is 11.8 Å². The van der Waals surface area contributed by atoms with Crippen LogP contribution in [0.25, 0.3) is 0 Å². The van der Waals surface area contributed by atoms with Crippen molar-refractivity contribution in [2.24, 2.45) is 17.3 Å². The molecule has 0 aromatic rings. The molecule has 3 heterocycles. The average Bonchev–Trinajstić information content (AvgIpc) is 2.58. The molecule has 5 rings (SSSR count). The maximum atomic E-state index is 12.0. The molecule has 3 saturated heterocycles. The highest BCUT2D eigenvalue weighted by atomic mass is 32.2. The standard InChI is InChI=1S/C18H29NO2S/c1-3-22-15-16(2)11-17-12-6-4-8-19(17)9-5-7-18(17,20)14(16)10-13(12)21-15/h12-15,20H,3-11H2,1-2H3. The lowest BCUT2D eigenvalue weighted by Crippen LogP contribution is -2.76. The van der Waals surface area contributed by atoms with Gasteiger partial charge in [-0.3, -0.25) is 4.90 Å². The van der Waals surface area contributed by atoms with Crippen molar-refractivity contribution in [2.45, 2.75) is 75.1 Å². The van der Waals surface area contributed by atoms with Gasteiger partial charge in [-0.05, 0) is 57.4 Å². The predicted molar refractivity (Wildman–Crippen MR) is 88.8 cm³/mol. The molecule has 22 heavy (non-hydrogen) atoms. The molecule has 1 spiro atoms. The van der Waals surface area contributed by atoms with Crippen molar-refractivity contribution in [1.82, 2.24) is 4.90 Å².